The Hall–Kier alpha value is -2.17. The molecule has 4 rings (SSSR count). The van der Waals surface area contributed by atoms with Gasteiger partial charge < -0.3 is 9.47 Å². The van der Waals surface area contributed by atoms with Gasteiger partial charge in [-0.2, -0.15) is 0 Å². The first kappa shape index (κ1) is 16.3. The van der Waals surface area contributed by atoms with Crippen LogP contribution in [0.2, 0.25) is 0 Å². The maximum atomic E-state index is 12.3. The van der Waals surface area contributed by atoms with Gasteiger partial charge in [-0.15, -0.1) is 10.2 Å². The lowest BCUT2D eigenvalue weighted by molar-refractivity contribution is -0.137. The number of aryl methyl sites for hydroxylation is 1. The third-order valence-corrected chi connectivity index (χ3v) is 5.33. The molecule has 1 aliphatic carbocycles. The number of carbonyl (C=O) groups is 1. The smallest absolute Gasteiger partial charge is 0.222 e. The fourth-order valence-electron chi connectivity index (χ4n) is 3.58. The summed E-state index contributed by atoms with van der Waals surface area (Å²) in [6.07, 6.45) is 8.05. The van der Waals surface area contributed by atoms with Gasteiger partial charge >= 0.3 is 0 Å². The lowest BCUT2D eigenvalue weighted by Gasteiger charge is -2.39. The van der Waals surface area contributed by atoms with Gasteiger partial charge in [0.05, 0.1) is 0 Å². The normalized spacial score (nSPS) is 17.5. The molecule has 1 saturated heterocycles. The summed E-state index contributed by atoms with van der Waals surface area (Å²) in [5.74, 6) is 2.76. The zero-order valence-corrected chi connectivity index (χ0v) is 14.7. The van der Waals surface area contributed by atoms with Crippen molar-refractivity contribution in [1.29, 1.82) is 0 Å². The van der Waals surface area contributed by atoms with Crippen molar-refractivity contribution in [2.45, 2.75) is 45.1 Å². The first-order valence-corrected chi connectivity index (χ1v) is 9.46. The van der Waals surface area contributed by atoms with E-state index in [-0.39, 0.29) is 0 Å². The minimum Gasteiger partial charge on any atom is -0.342 e. The van der Waals surface area contributed by atoms with Crippen molar-refractivity contribution in [2.24, 2.45) is 11.8 Å². The molecule has 0 N–H and O–H groups in total. The summed E-state index contributed by atoms with van der Waals surface area (Å²) in [4.78, 5) is 14.3. The number of nitrogens with zero attached hydrogens (tertiary/aromatic N) is 4. The van der Waals surface area contributed by atoms with Gasteiger partial charge in [0, 0.05) is 38.4 Å². The third kappa shape index (κ3) is 4.27. The topological polar surface area (TPSA) is 51.0 Å². The van der Waals surface area contributed by atoms with Crippen LogP contribution in [0.5, 0.6) is 0 Å². The molecule has 25 heavy (non-hydrogen) atoms. The fraction of sp³-hybridized carbons (Fsp3) is 0.550. The number of carbonyl (C=O) groups excluding carboxylic acids is 1. The van der Waals surface area contributed by atoms with E-state index in [1.807, 2.05) is 17.3 Å². The van der Waals surface area contributed by atoms with Crippen molar-refractivity contribution in [2.75, 3.05) is 13.1 Å². The van der Waals surface area contributed by atoms with Crippen molar-refractivity contribution >= 4 is 5.91 Å². The van der Waals surface area contributed by atoms with E-state index in [0.717, 1.165) is 50.6 Å². The van der Waals surface area contributed by atoms with Crippen LogP contribution in [-0.2, 0) is 24.2 Å². The van der Waals surface area contributed by atoms with Crippen LogP contribution in [0.25, 0.3) is 0 Å². The van der Waals surface area contributed by atoms with Gasteiger partial charge in [-0.3, -0.25) is 4.79 Å². The molecule has 1 aromatic carbocycles. The maximum Gasteiger partial charge on any atom is 0.222 e. The molecule has 5 nitrogen and oxygen atoms in total. The Kier molecular flexibility index (Phi) is 4.81. The van der Waals surface area contributed by atoms with Gasteiger partial charge in [-0.25, -0.2) is 0 Å². The van der Waals surface area contributed by atoms with E-state index in [0.29, 0.717) is 18.2 Å². The van der Waals surface area contributed by atoms with E-state index in [1.165, 1.54) is 18.4 Å². The second-order valence-electron chi connectivity index (χ2n) is 7.55. The number of aromatic nitrogens is 3. The third-order valence-electron chi connectivity index (χ3n) is 5.33. The van der Waals surface area contributed by atoms with E-state index in [2.05, 4.69) is 39.0 Å². The molecule has 0 atom stereocenters. The Morgan fingerprint density at radius 2 is 1.92 bits per heavy atom. The van der Waals surface area contributed by atoms with Crippen molar-refractivity contribution in [3.63, 3.8) is 0 Å². The molecule has 1 aromatic heterocycles. The fourth-order valence-corrected chi connectivity index (χ4v) is 3.58. The van der Waals surface area contributed by atoms with E-state index in [1.54, 1.807) is 0 Å². The van der Waals surface area contributed by atoms with Crippen LogP contribution in [0.1, 0.15) is 37.1 Å². The Labute approximate surface area is 149 Å². The first-order chi connectivity index (χ1) is 12.3. The van der Waals surface area contributed by atoms with Crippen LogP contribution in [0.3, 0.4) is 0 Å². The summed E-state index contributed by atoms with van der Waals surface area (Å²) < 4.78 is 2.21. The number of amides is 1. The number of benzene rings is 1. The summed E-state index contributed by atoms with van der Waals surface area (Å²) in [6, 6.07) is 10.4. The molecular formula is C20H26N4O. The molecule has 2 aliphatic rings. The molecule has 1 saturated carbocycles. The molecule has 0 spiro atoms. The molecule has 5 heteroatoms. The van der Waals surface area contributed by atoms with Crippen LogP contribution in [-0.4, -0.2) is 38.7 Å². The van der Waals surface area contributed by atoms with Crippen molar-refractivity contribution in [3.8, 4) is 0 Å². The molecule has 1 amide bonds. The zero-order chi connectivity index (χ0) is 17.1. The van der Waals surface area contributed by atoms with Crippen LogP contribution < -0.4 is 0 Å². The van der Waals surface area contributed by atoms with Gasteiger partial charge in [-0.1, -0.05) is 30.3 Å². The first-order valence-electron chi connectivity index (χ1n) is 9.46. The Morgan fingerprint density at radius 1 is 1.12 bits per heavy atom. The largest absolute Gasteiger partial charge is 0.342 e. The summed E-state index contributed by atoms with van der Waals surface area (Å²) in [6.45, 7) is 2.82. The van der Waals surface area contributed by atoms with Crippen molar-refractivity contribution < 1.29 is 4.79 Å². The summed E-state index contributed by atoms with van der Waals surface area (Å²) >= 11 is 0. The molecule has 2 heterocycles. The summed E-state index contributed by atoms with van der Waals surface area (Å²) in [5.41, 5.74) is 1.31. The minimum absolute atomic E-state index is 0.298. The number of hydrogen-bond acceptors (Lipinski definition) is 3. The summed E-state index contributed by atoms with van der Waals surface area (Å²) in [7, 11) is 0. The van der Waals surface area contributed by atoms with Gasteiger partial charge in [0.15, 0.2) is 0 Å². The minimum atomic E-state index is 0.298. The Balaban J connectivity index is 1.17. The summed E-state index contributed by atoms with van der Waals surface area (Å²) in [5, 5.41) is 8.35. The highest BCUT2D eigenvalue weighted by molar-refractivity contribution is 5.77. The second-order valence-corrected chi connectivity index (χ2v) is 7.55. The SMILES string of the molecule is O=C(CCCc1ccccc1)N1CC(Cc2nncn2CC2CC2)C1. The molecule has 0 radical (unpaired) electrons. The van der Waals surface area contributed by atoms with Gasteiger partial charge in [-0.05, 0) is 37.2 Å². The quantitative estimate of drug-likeness (QED) is 0.744. The molecular weight excluding hydrogens is 312 g/mol. The Bertz CT molecular complexity index is 701. The van der Waals surface area contributed by atoms with E-state index < -0.39 is 0 Å². The van der Waals surface area contributed by atoms with Gasteiger partial charge in [0.1, 0.15) is 12.2 Å². The van der Waals surface area contributed by atoms with E-state index in [9.17, 15) is 4.79 Å². The van der Waals surface area contributed by atoms with Crippen LogP contribution in [0.15, 0.2) is 36.7 Å². The Morgan fingerprint density at radius 3 is 2.68 bits per heavy atom. The maximum absolute atomic E-state index is 12.3. The lowest BCUT2D eigenvalue weighted by atomic mass is 9.95. The second kappa shape index (κ2) is 7.38. The molecule has 0 unspecified atom stereocenters. The standard InChI is InChI=1S/C20H26N4O/c25-20(8-4-7-16-5-2-1-3-6-16)23-13-18(14-23)11-19-22-21-15-24(19)12-17-9-10-17/h1-3,5-6,15,17-18H,4,7-14H2. The highest BCUT2D eigenvalue weighted by atomic mass is 16.2. The average molecular weight is 338 g/mol. The molecule has 0 bridgehead atoms. The van der Waals surface area contributed by atoms with Gasteiger partial charge in [0.25, 0.3) is 0 Å². The molecule has 2 aromatic rings. The average Bonchev–Trinajstić information content (AvgIpc) is 3.29. The van der Waals surface area contributed by atoms with Crippen molar-refractivity contribution in [3.05, 3.63) is 48.0 Å². The molecule has 132 valence electrons. The highest BCUT2D eigenvalue weighted by Gasteiger charge is 2.31. The van der Waals surface area contributed by atoms with Crippen LogP contribution in [0.4, 0.5) is 0 Å². The molecule has 1 aliphatic heterocycles. The van der Waals surface area contributed by atoms with Crippen LogP contribution in [0, 0.1) is 11.8 Å². The number of likely N-dealkylation sites (tertiary alicyclic amines) is 1. The lowest BCUT2D eigenvalue weighted by Crippen LogP contribution is -2.50. The zero-order valence-electron chi connectivity index (χ0n) is 14.7. The predicted molar refractivity (Wildman–Crippen MR) is 95.9 cm³/mol. The highest BCUT2D eigenvalue weighted by Crippen LogP contribution is 2.31. The molecule has 2 fully saturated rings. The van der Waals surface area contributed by atoms with E-state index >= 15 is 0 Å². The van der Waals surface area contributed by atoms with Crippen LogP contribution >= 0.6 is 0 Å². The van der Waals surface area contributed by atoms with Crippen molar-refractivity contribution in [1.82, 2.24) is 19.7 Å². The van der Waals surface area contributed by atoms with Gasteiger partial charge in [0.2, 0.25) is 5.91 Å². The predicted octanol–water partition coefficient (Wildman–Crippen LogP) is 2.71. The number of hydrogen-bond donors (Lipinski definition) is 0. The monoisotopic (exact) mass is 338 g/mol. The van der Waals surface area contributed by atoms with E-state index in [4.69, 9.17) is 0 Å². The number of rotatable bonds is 8.